The zero-order chi connectivity index (χ0) is 44.1. The number of nitrogens with zero attached hydrogens (tertiary/aromatic N) is 1. The number of phosphoric acid groups is 1. The van der Waals surface area contributed by atoms with Crippen LogP contribution in [-0.4, -0.2) is 70.7 Å². The first-order valence-corrected chi connectivity index (χ1v) is 26.0. The number of unbranched alkanes of at least 4 members (excludes halogenated alkanes) is 21. The molecule has 0 aliphatic rings. The summed E-state index contributed by atoms with van der Waals surface area (Å²) in [4.78, 5) is 25.1. The van der Waals surface area contributed by atoms with Gasteiger partial charge >= 0.3 is 5.97 Å². The zero-order valence-corrected chi connectivity index (χ0v) is 40.5. The van der Waals surface area contributed by atoms with Crippen molar-refractivity contribution in [2.24, 2.45) is 0 Å². The van der Waals surface area contributed by atoms with Crippen molar-refractivity contribution < 1.29 is 37.3 Å². The fourth-order valence-electron chi connectivity index (χ4n) is 6.57. The van der Waals surface area contributed by atoms with E-state index in [9.17, 15) is 14.3 Å². The third-order valence-corrected chi connectivity index (χ3v) is 11.3. The summed E-state index contributed by atoms with van der Waals surface area (Å²) in [6, 6.07) is 0. The molecule has 0 saturated carbocycles. The molecule has 0 saturated heterocycles. The number of hydrogen-bond acceptors (Lipinski definition) is 7. The van der Waals surface area contributed by atoms with Crippen LogP contribution in [0, 0.1) is 0 Å². The van der Waals surface area contributed by atoms with Crippen molar-refractivity contribution in [1.82, 2.24) is 0 Å². The molecule has 60 heavy (non-hydrogen) atoms. The maximum Gasteiger partial charge on any atom is 0.306 e. The molecule has 2 unspecified atom stereocenters. The summed E-state index contributed by atoms with van der Waals surface area (Å²) in [6.07, 6.45) is 55.2. The first-order chi connectivity index (χ1) is 29.1. The highest BCUT2D eigenvalue weighted by Gasteiger charge is 2.20. The Kier molecular flexibility index (Phi) is 42.5. The van der Waals surface area contributed by atoms with Crippen molar-refractivity contribution in [3.05, 3.63) is 60.8 Å². The third-order valence-electron chi connectivity index (χ3n) is 10.3. The van der Waals surface area contributed by atoms with E-state index in [-0.39, 0.29) is 25.8 Å². The number of carbonyl (C=O) groups is 1. The SMILES string of the molecule is CC/C=C\C/C=C\C/C=C\C/C=C\C/C=C\CCCCCCOCC(COP(=O)([O-])OCC[N+](C)(C)C)OC(=O)CCCCCCCCCCCCCCCCCCCC. The van der Waals surface area contributed by atoms with Gasteiger partial charge in [0.05, 0.1) is 34.4 Å². The Hall–Kier alpha value is -1.80. The highest BCUT2D eigenvalue weighted by Crippen LogP contribution is 2.38. The Morgan fingerprint density at radius 3 is 1.45 bits per heavy atom. The van der Waals surface area contributed by atoms with Gasteiger partial charge in [-0.1, -0.05) is 197 Å². The maximum atomic E-state index is 12.7. The molecule has 0 N–H and O–H groups in total. The van der Waals surface area contributed by atoms with Gasteiger partial charge < -0.3 is 27.9 Å². The molecular formula is C51H94NO7P. The Balaban J connectivity index is 4.22. The van der Waals surface area contributed by atoms with E-state index < -0.39 is 13.9 Å². The monoisotopic (exact) mass is 864 g/mol. The number of likely N-dealkylation sites (N-methyl/N-ethyl adjacent to an activating group) is 1. The number of quaternary nitrogens is 1. The summed E-state index contributed by atoms with van der Waals surface area (Å²) in [5.74, 6) is -0.342. The van der Waals surface area contributed by atoms with Crippen LogP contribution in [0.1, 0.15) is 200 Å². The molecule has 0 aromatic rings. The van der Waals surface area contributed by atoms with Crippen molar-refractivity contribution in [1.29, 1.82) is 0 Å². The molecule has 350 valence electrons. The Morgan fingerprint density at radius 2 is 0.967 bits per heavy atom. The van der Waals surface area contributed by atoms with Crippen molar-refractivity contribution in [3.8, 4) is 0 Å². The van der Waals surface area contributed by atoms with Gasteiger partial charge in [-0.05, 0) is 57.8 Å². The van der Waals surface area contributed by atoms with E-state index >= 15 is 0 Å². The Labute approximate surface area is 370 Å². The standard InChI is InChI=1S/C51H94NO7P/c1-6-8-10-12-14-16-18-20-22-24-26-27-29-31-33-35-37-39-41-43-46-56-48-50(49-58-60(54,55)57-47-45-52(3,4)5)59-51(53)44-42-40-38-36-34-32-30-28-25-23-21-19-17-15-13-11-9-7-2/h8,10,14,16,20,22,26-27,31,33,50H,6-7,9,11-13,15,17-19,21,23-25,28-30,32,34-49H2,1-5H3/b10-8-,16-14-,22-20-,27-26-,33-31-. The molecule has 9 heteroatoms. The molecule has 0 spiro atoms. The van der Waals surface area contributed by atoms with Crippen LogP contribution in [0.25, 0.3) is 0 Å². The number of hydrogen-bond donors (Lipinski definition) is 0. The molecule has 0 aromatic carbocycles. The lowest BCUT2D eigenvalue weighted by Crippen LogP contribution is -2.37. The van der Waals surface area contributed by atoms with Crippen LogP contribution in [0.5, 0.6) is 0 Å². The predicted octanol–water partition coefficient (Wildman–Crippen LogP) is 14.3. The van der Waals surface area contributed by atoms with E-state index in [1.165, 1.54) is 96.3 Å². The second kappa shape index (κ2) is 43.8. The lowest BCUT2D eigenvalue weighted by Gasteiger charge is -2.28. The number of carbonyl (C=O) groups excluding carboxylic acids is 1. The van der Waals surface area contributed by atoms with Crippen LogP contribution >= 0.6 is 7.82 Å². The first kappa shape index (κ1) is 58.2. The van der Waals surface area contributed by atoms with Gasteiger partial charge in [0.15, 0.2) is 0 Å². The summed E-state index contributed by atoms with van der Waals surface area (Å²) in [7, 11) is 1.34. The molecular weight excluding hydrogens is 770 g/mol. The average molecular weight is 864 g/mol. The minimum absolute atomic E-state index is 0.0195. The molecule has 8 nitrogen and oxygen atoms in total. The minimum Gasteiger partial charge on any atom is -0.756 e. The van der Waals surface area contributed by atoms with Gasteiger partial charge in [0.1, 0.15) is 19.3 Å². The van der Waals surface area contributed by atoms with E-state index in [0.717, 1.165) is 83.5 Å². The van der Waals surface area contributed by atoms with Gasteiger partial charge in [-0.3, -0.25) is 9.36 Å². The number of phosphoric ester groups is 1. The minimum atomic E-state index is -4.54. The highest BCUT2D eigenvalue weighted by molar-refractivity contribution is 7.45. The lowest BCUT2D eigenvalue weighted by atomic mass is 10.0. The van der Waals surface area contributed by atoms with Gasteiger partial charge in [-0.15, -0.1) is 0 Å². The summed E-state index contributed by atoms with van der Waals surface area (Å²) in [5, 5.41) is 0. The van der Waals surface area contributed by atoms with Gasteiger partial charge in [-0.25, -0.2) is 0 Å². The molecule has 0 rings (SSSR count). The molecule has 0 amide bonds. The lowest BCUT2D eigenvalue weighted by molar-refractivity contribution is -0.870. The van der Waals surface area contributed by atoms with Crippen LogP contribution < -0.4 is 4.89 Å². The smallest absolute Gasteiger partial charge is 0.306 e. The van der Waals surface area contributed by atoms with Crippen molar-refractivity contribution in [2.45, 2.75) is 206 Å². The van der Waals surface area contributed by atoms with Gasteiger partial charge in [-0.2, -0.15) is 0 Å². The fraction of sp³-hybridized carbons (Fsp3) is 0.784. The average Bonchev–Trinajstić information content (AvgIpc) is 3.20. The van der Waals surface area contributed by atoms with Crippen LogP contribution in [0.3, 0.4) is 0 Å². The first-order valence-electron chi connectivity index (χ1n) is 24.5. The fourth-order valence-corrected chi connectivity index (χ4v) is 7.30. The van der Waals surface area contributed by atoms with E-state index in [2.05, 4.69) is 74.6 Å². The maximum absolute atomic E-state index is 12.7. The van der Waals surface area contributed by atoms with Gasteiger partial charge in [0, 0.05) is 13.0 Å². The van der Waals surface area contributed by atoms with Crippen LogP contribution in [0.4, 0.5) is 0 Å². The number of esters is 1. The van der Waals surface area contributed by atoms with Crippen molar-refractivity contribution >= 4 is 13.8 Å². The van der Waals surface area contributed by atoms with Crippen molar-refractivity contribution in [2.75, 3.05) is 54.1 Å². The largest absolute Gasteiger partial charge is 0.756 e. The second-order valence-electron chi connectivity index (χ2n) is 17.4. The number of rotatable bonds is 45. The van der Waals surface area contributed by atoms with Crippen LogP contribution in [0.15, 0.2) is 60.8 Å². The number of ether oxygens (including phenoxy) is 2. The molecule has 2 atom stereocenters. The molecule has 0 aliphatic heterocycles. The highest BCUT2D eigenvalue weighted by atomic mass is 31.2. The van der Waals surface area contributed by atoms with E-state index in [0.29, 0.717) is 24.1 Å². The van der Waals surface area contributed by atoms with E-state index in [1.807, 2.05) is 21.1 Å². The van der Waals surface area contributed by atoms with Gasteiger partial charge in [0.25, 0.3) is 7.82 Å². The second-order valence-corrected chi connectivity index (χ2v) is 18.9. The molecule has 0 aromatic heterocycles. The summed E-state index contributed by atoms with van der Waals surface area (Å²) in [6.45, 7) is 5.25. The van der Waals surface area contributed by atoms with E-state index in [4.69, 9.17) is 18.5 Å². The van der Waals surface area contributed by atoms with E-state index in [1.54, 1.807) is 0 Å². The predicted molar refractivity (Wildman–Crippen MR) is 254 cm³/mol. The third kappa shape index (κ3) is 47.3. The molecule has 0 bridgehead atoms. The molecule has 0 aliphatic carbocycles. The summed E-state index contributed by atoms with van der Waals surface area (Å²) in [5.41, 5.74) is 0. The quantitative estimate of drug-likeness (QED) is 0.0198. The topological polar surface area (TPSA) is 94.1 Å². The molecule has 0 heterocycles. The molecule has 0 radical (unpaired) electrons. The van der Waals surface area contributed by atoms with Crippen LogP contribution in [0.2, 0.25) is 0 Å². The zero-order valence-electron chi connectivity index (χ0n) is 39.6. The molecule has 0 fully saturated rings. The Bertz CT molecular complexity index is 1140. The Morgan fingerprint density at radius 1 is 0.533 bits per heavy atom. The number of allylic oxidation sites excluding steroid dienone is 10. The summed E-state index contributed by atoms with van der Waals surface area (Å²) < 4.78 is 34.7. The van der Waals surface area contributed by atoms with Gasteiger partial charge in [0.2, 0.25) is 0 Å². The normalized spacial score (nSPS) is 14.2. The van der Waals surface area contributed by atoms with Crippen LogP contribution in [-0.2, 0) is 27.9 Å². The van der Waals surface area contributed by atoms with Crippen molar-refractivity contribution in [3.63, 3.8) is 0 Å². The summed E-state index contributed by atoms with van der Waals surface area (Å²) >= 11 is 0.